The number of pyridine rings is 1. The zero-order valence-electron chi connectivity index (χ0n) is 19.4. The standard InChI is InChI=1S/C26H30N4O3/c1-4-28-25(32)26(15-20-9-5-6-11-22(20)21-10-7-13-27-16-21)12-8-14-30(17-26)24(31)23-18(2)29-33-19(23)3/h5-7,9-11,13,16H,4,8,12,14-15,17H2,1-3H3,(H,28,32). The van der Waals surface area contributed by atoms with Gasteiger partial charge in [-0.25, -0.2) is 0 Å². The van der Waals surface area contributed by atoms with E-state index in [2.05, 4.69) is 27.6 Å². The molecule has 1 aliphatic heterocycles. The minimum Gasteiger partial charge on any atom is -0.361 e. The van der Waals surface area contributed by atoms with Crippen molar-refractivity contribution in [1.82, 2.24) is 20.4 Å². The monoisotopic (exact) mass is 446 g/mol. The number of amides is 2. The van der Waals surface area contributed by atoms with Crippen molar-refractivity contribution in [2.24, 2.45) is 5.41 Å². The van der Waals surface area contributed by atoms with Crippen LogP contribution in [0.1, 0.15) is 47.1 Å². The molecule has 1 aliphatic rings. The Labute approximate surface area is 194 Å². The Hall–Kier alpha value is -3.48. The molecule has 1 fully saturated rings. The molecule has 1 aromatic carbocycles. The molecule has 1 unspecified atom stereocenters. The molecule has 0 spiro atoms. The van der Waals surface area contributed by atoms with Gasteiger partial charge < -0.3 is 14.7 Å². The number of aryl methyl sites for hydroxylation is 2. The molecule has 0 bridgehead atoms. The number of rotatable bonds is 6. The maximum absolute atomic E-state index is 13.5. The van der Waals surface area contributed by atoms with Crippen LogP contribution in [0.5, 0.6) is 0 Å². The number of nitrogens with one attached hydrogen (secondary N) is 1. The van der Waals surface area contributed by atoms with E-state index in [0.717, 1.165) is 23.1 Å². The van der Waals surface area contributed by atoms with Gasteiger partial charge in [-0.3, -0.25) is 14.6 Å². The van der Waals surface area contributed by atoms with Gasteiger partial charge in [0.05, 0.1) is 11.1 Å². The lowest BCUT2D eigenvalue weighted by atomic mass is 9.73. The highest BCUT2D eigenvalue weighted by molar-refractivity contribution is 5.97. The summed E-state index contributed by atoms with van der Waals surface area (Å²) in [6, 6.07) is 12.1. The number of hydrogen-bond acceptors (Lipinski definition) is 5. The maximum Gasteiger partial charge on any atom is 0.259 e. The average Bonchev–Trinajstić information content (AvgIpc) is 3.17. The van der Waals surface area contributed by atoms with Crippen molar-refractivity contribution in [2.75, 3.05) is 19.6 Å². The maximum atomic E-state index is 13.5. The molecule has 2 aromatic heterocycles. The second kappa shape index (κ2) is 9.57. The number of carbonyl (C=O) groups excluding carboxylic acids is 2. The highest BCUT2D eigenvalue weighted by Gasteiger charge is 2.44. The lowest BCUT2D eigenvalue weighted by molar-refractivity contribution is -0.133. The van der Waals surface area contributed by atoms with Crippen LogP contribution in [0.25, 0.3) is 11.1 Å². The first-order valence-corrected chi connectivity index (χ1v) is 11.4. The lowest BCUT2D eigenvalue weighted by Crippen LogP contribution is -2.54. The van der Waals surface area contributed by atoms with E-state index in [-0.39, 0.29) is 11.8 Å². The minimum atomic E-state index is -0.721. The van der Waals surface area contributed by atoms with E-state index in [1.54, 1.807) is 24.9 Å². The third kappa shape index (κ3) is 4.53. The van der Waals surface area contributed by atoms with E-state index in [4.69, 9.17) is 4.52 Å². The molecular formula is C26H30N4O3. The van der Waals surface area contributed by atoms with Crippen molar-refractivity contribution in [3.63, 3.8) is 0 Å². The molecule has 3 heterocycles. The van der Waals surface area contributed by atoms with Crippen molar-refractivity contribution >= 4 is 11.8 Å². The Balaban J connectivity index is 1.70. The van der Waals surface area contributed by atoms with Gasteiger partial charge in [0.2, 0.25) is 5.91 Å². The third-order valence-electron chi connectivity index (χ3n) is 6.45. The van der Waals surface area contributed by atoms with Gasteiger partial charge in [-0.05, 0) is 57.2 Å². The van der Waals surface area contributed by atoms with Gasteiger partial charge in [-0.15, -0.1) is 0 Å². The van der Waals surface area contributed by atoms with Crippen molar-refractivity contribution < 1.29 is 14.1 Å². The summed E-state index contributed by atoms with van der Waals surface area (Å²) >= 11 is 0. The summed E-state index contributed by atoms with van der Waals surface area (Å²) in [4.78, 5) is 32.9. The molecule has 0 saturated carbocycles. The van der Waals surface area contributed by atoms with Crippen LogP contribution in [0.2, 0.25) is 0 Å². The van der Waals surface area contributed by atoms with E-state index in [0.29, 0.717) is 49.5 Å². The predicted octanol–water partition coefficient (Wildman–Crippen LogP) is 3.95. The number of aromatic nitrogens is 2. The molecule has 1 atom stereocenters. The van der Waals surface area contributed by atoms with E-state index < -0.39 is 5.41 Å². The molecule has 1 N–H and O–H groups in total. The van der Waals surface area contributed by atoms with Gasteiger partial charge in [0.25, 0.3) is 5.91 Å². The number of piperidine rings is 1. The summed E-state index contributed by atoms with van der Waals surface area (Å²) in [6.07, 6.45) is 5.59. The van der Waals surface area contributed by atoms with Gasteiger partial charge in [-0.2, -0.15) is 0 Å². The molecule has 7 heteroatoms. The minimum absolute atomic E-state index is 0.0118. The van der Waals surface area contributed by atoms with Crippen molar-refractivity contribution in [2.45, 2.75) is 40.0 Å². The molecule has 172 valence electrons. The first-order chi connectivity index (χ1) is 15.9. The zero-order chi connectivity index (χ0) is 23.4. The largest absolute Gasteiger partial charge is 0.361 e. The number of hydrogen-bond donors (Lipinski definition) is 1. The first kappa shape index (κ1) is 22.7. The van der Waals surface area contributed by atoms with Crippen LogP contribution in [-0.4, -0.2) is 46.5 Å². The highest BCUT2D eigenvalue weighted by Crippen LogP contribution is 2.38. The normalized spacial score (nSPS) is 18.2. The Morgan fingerprint density at radius 3 is 2.70 bits per heavy atom. The number of benzene rings is 1. The molecular weight excluding hydrogens is 416 g/mol. The zero-order valence-corrected chi connectivity index (χ0v) is 19.4. The molecule has 33 heavy (non-hydrogen) atoms. The van der Waals surface area contributed by atoms with Gasteiger partial charge in [-0.1, -0.05) is 35.5 Å². The Kier molecular flexibility index (Phi) is 6.58. The van der Waals surface area contributed by atoms with Crippen LogP contribution in [0, 0.1) is 19.3 Å². The first-order valence-electron chi connectivity index (χ1n) is 11.4. The smallest absolute Gasteiger partial charge is 0.259 e. The second-order valence-electron chi connectivity index (χ2n) is 8.74. The highest BCUT2D eigenvalue weighted by atomic mass is 16.5. The van der Waals surface area contributed by atoms with Crippen LogP contribution in [-0.2, 0) is 11.2 Å². The average molecular weight is 447 g/mol. The number of carbonyl (C=O) groups is 2. The molecule has 7 nitrogen and oxygen atoms in total. The van der Waals surface area contributed by atoms with E-state index in [9.17, 15) is 9.59 Å². The van der Waals surface area contributed by atoms with Crippen LogP contribution in [0.15, 0.2) is 53.3 Å². The Morgan fingerprint density at radius 2 is 2.00 bits per heavy atom. The summed E-state index contributed by atoms with van der Waals surface area (Å²) in [5, 5.41) is 6.97. The van der Waals surface area contributed by atoms with Crippen LogP contribution < -0.4 is 5.32 Å². The molecule has 2 amide bonds. The third-order valence-corrected chi connectivity index (χ3v) is 6.45. The summed E-state index contributed by atoms with van der Waals surface area (Å²) in [6.45, 7) is 6.94. The van der Waals surface area contributed by atoms with Crippen LogP contribution in [0.3, 0.4) is 0 Å². The van der Waals surface area contributed by atoms with Gasteiger partial charge >= 0.3 is 0 Å². The van der Waals surface area contributed by atoms with Gasteiger partial charge in [0.15, 0.2) is 0 Å². The van der Waals surface area contributed by atoms with E-state index >= 15 is 0 Å². The fourth-order valence-corrected chi connectivity index (χ4v) is 4.85. The quantitative estimate of drug-likeness (QED) is 0.619. The topological polar surface area (TPSA) is 88.3 Å². The number of nitrogens with zero attached hydrogens (tertiary/aromatic N) is 3. The van der Waals surface area contributed by atoms with Crippen LogP contribution in [0.4, 0.5) is 0 Å². The predicted molar refractivity (Wildman–Crippen MR) is 126 cm³/mol. The van der Waals surface area contributed by atoms with Crippen molar-refractivity contribution in [3.8, 4) is 11.1 Å². The molecule has 3 aromatic rings. The van der Waals surface area contributed by atoms with Crippen molar-refractivity contribution in [1.29, 1.82) is 0 Å². The van der Waals surface area contributed by atoms with E-state index in [1.807, 2.05) is 37.4 Å². The Bertz CT molecular complexity index is 1120. The lowest BCUT2D eigenvalue weighted by Gasteiger charge is -2.42. The summed E-state index contributed by atoms with van der Waals surface area (Å²) in [5.41, 5.74) is 3.50. The van der Waals surface area contributed by atoms with Gasteiger partial charge in [0, 0.05) is 37.6 Å². The number of likely N-dealkylation sites (tertiary alicyclic amines) is 1. The second-order valence-corrected chi connectivity index (χ2v) is 8.74. The van der Waals surface area contributed by atoms with Gasteiger partial charge in [0.1, 0.15) is 11.3 Å². The summed E-state index contributed by atoms with van der Waals surface area (Å²) in [7, 11) is 0. The molecule has 0 aliphatic carbocycles. The SMILES string of the molecule is CCNC(=O)C1(Cc2ccccc2-c2cccnc2)CCCN(C(=O)c2c(C)noc2C)C1. The summed E-state index contributed by atoms with van der Waals surface area (Å²) in [5.74, 6) is 0.371. The summed E-state index contributed by atoms with van der Waals surface area (Å²) < 4.78 is 5.22. The molecule has 1 saturated heterocycles. The fraction of sp³-hybridized carbons (Fsp3) is 0.385. The van der Waals surface area contributed by atoms with Crippen molar-refractivity contribution in [3.05, 3.63) is 71.4 Å². The molecule has 0 radical (unpaired) electrons. The fourth-order valence-electron chi connectivity index (χ4n) is 4.85. The van der Waals surface area contributed by atoms with Crippen LogP contribution >= 0.6 is 0 Å². The molecule has 4 rings (SSSR count). The Morgan fingerprint density at radius 1 is 1.18 bits per heavy atom. The van der Waals surface area contributed by atoms with E-state index in [1.165, 1.54) is 0 Å².